The smallest absolute Gasteiger partial charge is 0.338 e. The molecule has 0 aliphatic carbocycles. The summed E-state index contributed by atoms with van der Waals surface area (Å²) in [6.45, 7) is 5.24. The Labute approximate surface area is 139 Å². The van der Waals surface area contributed by atoms with E-state index in [9.17, 15) is 14.4 Å². The van der Waals surface area contributed by atoms with Gasteiger partial charge in [-0.15, -0.1) is 0 Å². The molecule has 24 heavy (non-hydrogen) atoms. The van der Waals surface area contributed by atoms with Crippen molar-refractivity contribution < 1.29 is 14.3 Å². The number of anilines is 1. The fourth-order valence-corrected chi connectivity index (χ4v) is 2.24. The van der Waals surface area contributed by atoms with Crippen LogP contribution < -0.4 is 10.9 Å². The first kappa shape index (κ1) is 17.4. The van der Waals surface area contributed by atoms with E-state index in [-0.39, 0.29) is 24.6 Å². The third-order valence-corrected chi connectivity index (χ3v) is 3.29. The second-order valence-electron chi connectivity index (χ2n) is 5.22. The first-order chi connectivity index (χ1) is 11.4. The molecule has 1 heterocycles. The maximum atomic E-state index is 12.2. The van der Waals surface area contributed by atoms with Crippen LogP contribution in [-0.4, -0.2) is 28.0 Å². The van der Waals surface area contributed by atoms with Crippen LogP contribution in [0.1, 0.15) is 28.8 Å². The molecule has 2 rings (SSSR count). The SMILES string of the molecule is CCOC(=O)c1cccc(NC(=O)Cn2c(C)nc(C)cc2=O)c1. The maximum Gasteiger partial charge on any atom is 0.338 e. The molecule has 0 saturated heterocycles. The van der Waals surface area contributed by atoms with Gasteiger partial charge in [0, 0.05) is 17.4 Å². The van der Waals surface area contributed by atoms with Gasteiger partial charge in [0.1, 0.15) is 12.4 Å². The summed E-state index contributed by atoms with van der Waals surface area (Å²) in [6.07, 6.45) is 0. The van der Waals surface area contributed by atoms with Crippen LogP contribution in [0.15, 0.2) is 35.1 Å². The minimum absolute atomic E-state index is 0.151. The number of nitrogens with one attached hydrogen (secondary N) is 1. The molecule has 7 nitrogen and oxygen atoms in total. The highest BCUT2D eigenvalue weighted by molar-refractivity contribution is 5.94. The molecule has 0 radical (unpaired) electrons. The van der Waals surface area contributed by atoms with E-state index in [0.717, 1.165) is 0 Å². The zero-order valence-corrected chi connectivity index (χ0v) is 13.8. The van der Waals surface area contributed by atoms with Crippen LogP contribution in [0.25, 0.3) is 0 Å². The number of nitrogens with zero attached hydrogens (tertiary/aromatic N) is 2. The number of carbonyl (C=O) groups is 2. The fourth-order valence-electron chi connectivity index (χ4n) is 2.24. The molecule has 1 aromatic carbocycles. The van der Waals surface area contributed by atoms with Crippen LogP contribution in [0.5, 0.6) is 0 Å². The number of benzene rings is 1. The highest BCUT2D eigenvalue weighted by Gasteiger charge is 2.11. The van der Waals surface area contributed by atoms with E-state index in [4.69, 9.17) is 4.74 Å². The van der Waals surface area contributed by atoms with Crippen molar-refractivity contribution in [2.24, 2.45) is 0 Å². The third kappa shape index (κ3) is 4.28. The molecule has 2 aromatic rings. The molecule has 0 saturated carbocycles. The number of rotatable bonds is 5. The summed E-state index contributed by atoms with van der Waals surface area (Å²) in [5, 5.41) is 2.66. The standard InChI is InChI=1S/C17H19N3O4/c1-4-24-17(23)13-6-5-7-14(9-13)19-15(21)10-20-12(3)18-11(2)8-16(20)22/h5-9H,4,10H2,1-3H3,(H,19,21). The molecule has 0 aliphatic heterocycles. The van der Waals surface area contributed by atoms with Crippen molar-refractivity contribution in [1.82, 2.24) is 9.55 Å². The first-order valence-electron chi connectivity index (χ1n) is 7.53. The van der Waals surface area contributed by atoms with Crippen molar-refractivity contribution in [2.75, 3.05) is 11.9 Å². The molecule has 1 N–H and O–H groups in total. The van der Waals surface area contributed by atoms with Gasteiger partial charge in [-0.2, -0.15) is 0 Å². The Morgan fingerprint density at radius 3 is 2.67 bits per heavy atom. The van der Waals surface area contributed by atoms with Crippen LogP contribution in [0.3, 0.4) is 0 Å². The lowest BCUT2D eigenvalue weighted by Crippen LogP contribution is -2.30. The Morgan fingerprint density at radius 2 is 2.00 bits per heavy atom. The van der Waals surface area contributed by atoms with E-state index in [1.165, 1.54) is 16.7 Å². The van der Waals surface area contributed by atoms with Gasteiger partial charge in [0.15, 0.2) is 0 Å². The highest BCUT2D eigenvalue weighted by Crippen LogP contribution is 2.12. The van der Waals surface area contributed by atoms with E-state index in [1.54, 1.807) is 39.0 Å². The molecular weight excluding hydrogens is 310 g/mol. The summed E-state index contributed by atoms with van der Waals surface area (Å²) in [5.41, 5.74) is 1.13. The van der Waals surface area contributed by atoms with Crippen LogP contribution in [0.2, 0.25) is 0 Å². The second kappa shape index (κ2) is 7.54. The number of aromatic nitrogens is 2. The van der Waals surface area contributed by atoms with Crippen LogP contribution in [-0.2, 0) is 16.1 Å². The lowest BCUT2D eigenvalue weighted by Gasteiger charge is -2.11. The van der Waals surface area contributed by atoms with Crippen molar-refractivity contribution in [3.05, 3.63) is 57.8 Å². The van der Waals surface area contributed by atoms with Gasteiger partial charge in [-0.1, -0.05) is 6.07 Å². The molecule has 7 heteroatoms. The molecule has 0 atom stereocenters. The minimum Gasteiger partial charge on any atom is -0.462 e. The summed E-state index contributed by atoms with van der Waals surface area (Å²) in [6, 6.07) is 7.81. The number of amides is 1. The zero-order chi connectivity index (χ0) is 17.7. The number of ether oxygens (including phenoxy) is 1. The molecule has 0 bridgehead atoms. The first-order valence-corrected chi connectivity index (χ1v) is 7.53. The van der Waals surface area contributed by atoms with Crippen molar-refractivity contribution >= 4 is 17.6 Å². The van der Waals surface area contributed by atoms with E-state index in [0.29, 0.717) is 22.8 Å². The lowest BCUT2D eigenvalue weighted by molar-refractivity contribution is -0.116. The quantitative estimate of drug-likeness (QED) is 0.843. The monoisotopic (exact) mass is 329 g/mol. The average molecular weight is 329 g/mol. The van der Waals surface area contributed by atoms with Crippen LogP contribution in [0, 0.1) is 13.8 Å². The molecule has 0 unspecified atom stereocenters. The number of aryl methyl sites for hydroxylation is 2. The number of hydrogen-bond acceptors (Lipinski definition) is 5. The predicted molar refractivity (Wildman–Crippen MR) is 89.0 cm³/mol. The largest absolute Gasteiger partial charge is 0.462 e. The number of carbonyl (C=O) groups excluding carboxylic acids is 2. The normalized spacial score (nSPS) is 10.3. The molecule has 0 aliphatic rings. The van der Waals surface area contributed by atoms with Gasteiger partial charge >= 0.3 is 5.97 Å². The summed E-state index contributed by atoms with van der Waals surface area (Å²) in [7, 11) is 0. The van der Waals surface area contributed by atoms with Crippen molar-refractivity contribution in [3.63, 3.8) is 0 Å². The molecule has 0 spiro atoms. The Bertz CT molecular complexity index is 827. The van der Waals surface area contributed by atoms with Gasteiger partial charge in [-0.25, -0.2) is 9.78 Å². The molecular formula is C17H19N3O4. The van der Waals surface area contributed by atoms with Crippen molar-refractivity contribution in [2.45, 2.75) is 27.3 Å². The predicted octanol–water partition coefficient (Wildman–Crippen LogP) is 1.68. The number of hydrogen-bond donors (Lipinski definition) is 1. The van der Waals surface area contributed by atoms with Crippen molar-refractivity contribution in [3.8, 4) is 0 Å². The fraction of sp³-hybridized carbons (Fsp3) is 0.294. The van der Waals surface area contributed by atoms with E-state index in [2.05, 4.69) is 10.3 Å². The zero-order valence-electron chi connectivity index (χ0n) is 13.8. The summed E-state index contributed by atoms with van der Waals surface area (Å²) in [4.78, 5) is 40.0. The molecule has 0 fully saturated rings. The topological polar surface area (TPSA) is 90.3 Å². The highest BCUT2D eigenvalue weighted by atomic mass is 16.5. The molecule has 1 aromatic heterocycles. The maximum absolute atomic E-state index is 12.2. The Balaban J connectivity index is 2.12. The van der Waals surface area contributed by atoms with Crippen LogP contribution in [0.4, 0.5) is 5.69 Å². The minimum atomic E-state index is -0.455. The van der Waals surface area contributed by atoms with Crippen molar-refractivity contribution in [1.29, 1.82) is 0 Å². The average Bonchev–Trinajstić information content (AvgIpc) is 2.51. The van der Waals surface area contributed by atoms with Gasteiger partial charge < -0.3 is 10.1 Å². The van der Waals surface area contributed by atoms with E-state index < -0.39 is 5.97 Å². The van der Waals surface area contributed by atoms with E-state index >= 15 is 0 Å². The Morgan fingerprint density at radius 1 is 1.25 bits per heavy atom. The van der Waals surface area contributed by atoms with E-state index in [1.807, 2.05) is 0 Å². The van der Waals surface area contributed by atoms with Gasteiger partial charge in [0.05, 0.1) is 12.2 Å². The Hall–Kier alpha value is -2.96. The van der Waals surface area contributed by atoms with Gasteiger partial charge in [0.2, 0.25) is 5.91 Å². The summed E-state index contributed by atoms with van der Waals surface area (Å²) >= 11 is 0. The number of esters is 1. The molecule has 1 amide bonds. The van der Waals surface area contributed by atoms with Gasteiger partial charge in [0.25, 0.3) is 5.56 Å². The van der Waals surface area contributed by atoms with Gasteiger partial charge in [-0.3, -0.25) is 14.2 Å². The molecule has 126 valence electrons. The lowest BCUT2D eigenvalue weighted by atomic mass is 10.2. The summed E-state index contributed by atoms with van der Waals surface area (Å²) in [5.74, 6) is -0.370. The van der Waals surface area contributed by atoms with Crippen LogP contribution >= 0.6 is 0 Å². The third-order valence-electron chi connectivity index (χ3n) is 3.29. The summed E-state index contributed by atoms with van der Waals surface area (Å²) < 4.78 is 6.21. The Kier molecular flexibility index (Phi) is 5.47. The van der Waals surface area contributed by atoms with Gasteiger partial charge in [-0.05, 0) is 39.0 Å². The second-order valence-corrected chi connectivity index (χ2v) is 5.22.